The van der Waals surface area contributed by atoms with Crippen molar-refractivity contribution in [2.75, 3.05) is 4.90 Å². The zero-order chi connectivity index (χ0) is 26.9. The minimum absolute atomic E-state index is 0.890. The third-order valence-electron chi connectivity index (χ3n) is 8.19. The van der Waals surface area contributed by atoms with Crippen LogP contribution in [0.3, 0.4) is 0 Å². The Kier molecular flexibility index (Phi) is 4.80. The van der Waals surface area contributed by atoms with E-state index in [-0.39, 0.29) is 0 Å². The molecule has 0 fully saturated rings. The molecule has 0 unspecified atom stereocenters. The molecule has 41 heavy (non-hydrogen) atoms. The second-order valence-electron chi connectivity index (χ2n) is 10.6. The van der Waals surface area contributed by atoms with Gasteiger partial charge in [0.15, 0.2) is 0 Å². The van der Waals surface area contributed by atoms with Crippen LogP contribution in [0.4, 0.5) is 17.1 Å². The summed E-state index contributed by atoms with van der Waals surface area (Å²) in [5.41, 5.74) is 5.11. The molecule has 7 aromatic carbocycles. The van der Waals surface area contributed by atoms with Crippen molar-refractivity contribution in [3.8, 4) is 0 Å². The van der Waals surface area contributed by atoms with Crippen LogP contribution in [0.5, 0.6) is 0 Å². The molecule has 0 saturated heterocycles. The van der Waals surface area contributed by atoms with E-state index in [0.717, 1.165) is 39.0 Å². The van der Waals surface area contributed by atoms with Crippen molar-refractivity contribution in [3.05, 3.63) is 140 Å². The van der Waals surface area contributed by atoms with Crippen LogP contribution in [0.1, 0.15) is 0 Å². The highest BCUT2D eigenvalue weighted by molar-refractivity contribution is 7.25. The summed E-state index contributed by atoms with van der Waals surface area (Å²) >= 11 is 1.85. The molecule has 0 spiro atoms. The predicted molar refractivity (Wildman–Crippen MR) is 176 cm³/mol. The Morgan fingerprint density at radius 2 is 0.976 bits per heavy atom. The topological polar surface area (TPSA) is 16.4 Å². The van der Waals surface area contributed by atoms with E-state index in [4.69, 9.17) is 4.42 Å². The maximum absolute atomic E-state index is 6.48. The fourth-order valence-corrected chi connectivity index (χ4v) is 7.35. The van der Waals surface area contributed by atoms with E-state index in [9.17, 15) is 0 Å². The van der Waals surface area contributed by atoms with Crippen molar-refractivity contribution in [2.45, 2.75) is 0 Å². The van der Waals surface area contributed by atoms with Crippen molar-refractivity contribution in [2.24, 2.45) is 0 Å². The number of benzene rings is 7. The first kappa shape index (κ1) is 22.7. The van der Waals surface area contributed by atoms with E-state index in [0.29, 0.717) is 0 Å². The molecule has 3 heteroatoms. The number of hydrogen-bond donors (Lipinski definition) is 0. The Bertz CT molecular complexity index is 2450. The fraction of sp³-hybridized carbons (Fsp3) is 0. The lowest BCUT2D eigenvalue weighted by Gasteiger charge is -2.26. The van der Waals surface area contributed by atoms with Gasteiger partial charge in [0.25, 0.3) is 0 Å². The lowest BCUT2D eigenvalue weighted by atomic mass is 10.1. The van der Waals surface area contributed by atoms with Gasteiger partial charge in [-0.1, -0.05) is 78.9 Å². The van der Waals surface area contributed by atoms with Crippen LogP contribution in [0, 0.1) is 0 Å². The van der Waals surface area contributed by atoms with Crippen molar-refractivity contribution in [3.63, 3.8) is 0 Å². The van der Waals surface area contributed by atoms with Crippen molar-refractivity contribution in [1.82, 2.24) is 0 Å². The Labute approximate surface area is 240 Å². The summed E-state index contributed by atoms with van der Waals surface area (Å²) in [6, 6.07) is 50.2. The highest BCUT2D eigenvalue weighted by Gasteiger charge is 2.17. The molecule has 0 aliphatic heterocycles. The van der Waals surface area contributed by atoms with Gasteiger partial charge in [0, 0.05) is 54.1 Å². The lowest BCUT2D eigenvalue weighted by molar-refractivity contribution is 0.669. The molecule has 9 rings (SSSR count). The van der Waals surface area contributed by atoms with E-state index in [2.05, 4.69) is 144 Å². The summed E-state index contributed by atoms with van der Waals surface area (Å²) < 4.78 is 9.08. The number of hydrogen-bond acceptors (Lipinski definition) is 3. The number of fused-ring (bicyclic) bond motifs is 8. The van der Waals surface area contributed by atoms with Gasteiger partial charge in [-0.3, -0.25) is 0 Å². The monoisotopic (exact) mass is 541 g/mol. The smallest absolute Gasteiger partial charge is 0.137 e. The third kappa shape index (κ3) is 3.56. The summed E-state index contributed by atoms with van der Waals surface area (Å²) in [6.07, 6.45) is 0. The van der Waals surface area contributed by atoms with Gasteiger partial charge in [0.2, 0.25) is 0 Å². The number of nitrogens with zero attached hydrogens (tertiary/aromatic N) is 1. The summed E-state index contributed by atoms with van der Waals surface area (Å²) in [4.78, 5) is 2.35. The van der Waals surface area contributed by atoms with Gasteiger partial charge in [-0.15, -0.1) is 11.3 Å². The molecule has 0 atom stereocenters. The number of thiophene rings is 1. The van der Waals surface area contributed by atoms with E-state index >= 15 is 0 Å². The first-order valence-electron chi connectivity index (χ1n) is 13.8. The van der Waals surface area contributed by atoms with Gasteiger partial charge in [0.1, 0.15) is 11.2 Å². The maximum Gasteiger partial charge on any atom is 0.137 e. The highest BCUT2D eigenvalue weighted by atomic mass is 32.1. The standard InChI is InChI=1S/C38H23NOS/c1-2-8-25-19-28(14-13-24(25)7-1)39(30-16-18-33-32-11-5-6-12-37(32)41-38(33)23-30)29-15-17-31-34-20-26-9-3-4-10-27(26)21-35(34)40-36(31)22-29/h1-23H. The molecule has 9 aromatic rings. The van der Waals surface area contributed by atoms with Gasteiger partial charge >= 0.3 is 0 Å². The molecular formula is C38H23NOS. The van der Waals surface area contributed by atoms with Crippen molar-refractivity contribution in [1.29, 1.82) is 0 Å². The Hall–Kier alpha value is -5.12. The van der Waals surface area contributed by atoms with Gasteiger partial charge in [-0.05, 0) is 76.1 Å². The molecule has 2 nitrogen and oxygen atoms in total. The van der Waals surface area contributed by atoms with Crippen LogP contribution in [-0.4, -0.2) is 0 Å². The summed E-state index contributed by atoms with van der Waals surface area (Å²) in [6.45, 7) is 0. The van der Waals surface area contributed by atoms with E-state index in [1.54, 1.807) is 0 Å². The average molecular weight is 542 g/mol. The molecule has 192 valence electrons. The number of anilines is 3. The largest absolute Gasteiger partial charge is 0.456 e. The van der Waals surface area contributed by atoms with Gasteiger partial charge in [-0.2, -0.15) is 0 Å². The van der Waals surface area contributed by atoms with Crippen molar-refractivity contribution >= 4 is 92.1 Å². The molecule has 0 aliphatic carbocycles. The normalized spacial score (nSPS) is 11.9. The highest BCUT2D eigenvalue weighted by Crippen LogP contribution is 2.43. The molecular weight excluding hydrogens is 518 g/mol. The SMILES string of the molecule is c1ccc2cc(N(c3ccc4c(c3)oc3cc5ccccc5cc34)c3ccc4c(c3)sc3ccccc34)ccc2c1. The molecule has 0 radical (unpaired) electrons. The average Bonchev–Trinajstić information content (AvgIpc) is 3.57. The third-order valence-corrected chi connectivity index (χ3v) is 9.33. The van der Waals surface area contributed by atoms with Crippen LogP contribution in [0.25, 0.3) is 63.7 Å². The molecule has 0 N–H and O–H groups in total. The molecule has 0 amide bonds. The number of rotatable bonds is 3. The zero-order valence-corrected chi connectivity index (χ0v) is 22.9. The Balaban J connectivity index is 1.27. The zero-order valence-electron chi connectivity index (χ0n) is 22.0. The Morgan fingerprint density at radius 3 is 1.83 bits per heavy atom. The maximum atomic E-state index is 6.48. The summed E-state index contributed by atoms with van der Waals surface area (Å²) in [7, 11) is 0. The van der Waals surface area contributed by atoms with Gasteiger partial charge in [0.05, 0.1) is 0 Å². The lowest BCUT2D eigenvalue weighted by Crippen LogP contribution is -2.09. The first-order valence-corrected chi connectivity index (χ1v) is 14.7. The van der Waals surface area contributed by atoms with Gasteiger partial charge < -0.3 is 9.32 Å². The van der Waals surface area contributed by atoms with Crippen LogP contribution < -0.4 is 4.90 Å². The summed E-state index contributed by atoms with van der Waals surface area (Å²) in [5, 5.41) is 9.75. The minimum atomic E-state index is 0.890. The van der Waals surface area contributed by atoms with E-state index in [1.165, 1.54) is 41.7 Å². The second kappa shape index (κ2) is 8.69. The quantitative estimate of drug-likeness (QED) is 0.221. The first-order chi connectivity index (χ1) is 20.3. The molecule has 0 saturated carbocycles. The minimum Gasteiger partial charge on any atom is -0.456 e. The van der Waals surface area contributed by atoms with Crippen LogP contribution >= 0.6 is 11.3 Å². The number of furan rings is 1. The van der Waals surface area contributed by atoms with Crippen LogP contribution in [0.15, 0.2) is 144 Å². The van der Waals surface area contributed by atoms with Crippen LogP contribution in [0.2, 0.25) is 0 Å². The fourth-order valence-electron chi connectivity index (χ4n) is 6.21. The van der Waals surface area contributed by atoms with E-state index < -0.39 is 0 Å². The Morgan fingerprint density at radius 1 is 0.390 bits per heavy atom. The summed E-state index contributed by atoms with van der Waals surface area (Å²) in [5.74, 6) is 0. The van der Waals surface area contributed by atoms with E-state index in [1.807, 2.05) is 11.3 Å². The van der Waals surface area contributed by atoms with Crippen LogP contribution in [-0.2, 0) is 0 Å². The predicted octanol–water partition coefficient (Wildman–Crippen LogP) is 11.7. The molecule has 2 aromatic heterocycles. The molecule has 0 aliphatic rings. The second-order valence-corrected chi connectivity index (χ2v) is 11.7. The molecule has 2 heterocycles. The van der Waals surface area contributed by atoms with Crippen molar-refractivity contribution < 1.29 is 4.42 Å². The molecule has 0 bridgehead atoms. The van der Waals surface area contributed by atoms with Gasteiger partial charge in [-0.25, -0.2) is 0 Å².